The van der Waals surface area contributed by atoms with E-state index in [1.165, 1.54) is 0 Å². The van der Waals surface area contributed by atoms with Gasteiger partial charge in [-0.3, -0.25) is 14.7 Å². The average molecular weight is 438 g/mol. The molecular weight excluding hydrogens is 410 g/mol. The van der Waals surface area contributed by atoms with E-state index in [2.05, 4.69) is 32.5 Å². The van der Waals surface area contributed by atoms with Crippen LogP contribution in [0.4, 0.5) is 0 Å². The minimum absolute atomic E-state index is 0.172. The van der Waals surface area contributed by atoms with E-state index in [4.69, 9.17) is 4.74 Å². The Hall–Kier alpha value is -3.14. The maximum Gasteiger partial charge on any atom is 0.336 e. The lowest BCUT2D eigenvalue weighted by atomic mass is 9.71. The summed E-state index contributed by atoms with van der Waals surface area (Å²) in [6.45, 7) is 3.40. The Morgan fingerprint density at radius 3 is 2.66 bits per heavy atom. The monoisotopic (exact) mass is 437 g/mol. The first-order valence-electron chi connectivity index (χ1n) is 11.0. The molecule has 168 valence electrons. The zero-order valence-electron chi connectivity index (χ0n) is 18.4. The first kappa shape index (κ1) is 20.7. The first-order chi connectivity index (χ1) is 15.5. The Balaban J connectivity index is 1.18. The van der Waals surface area contributed by atoms with E-state index < -0.39 is 0 Å². The highest BCUT2D eigenvalue weighted by Crippen LogP contribution is 2.47. The lowest BCUT2D eigenvalue weighted by Gasteiger charge is -2.39. The van der Waals surface area contributed by atoms with Gasteiger partial charge in [-0.2, -0.15) is 4.68 Å². The molecule has 32 heavy (non-hydrogen) atoms. The predicted molar refractivity (Wildman–Crippen MR) is 113 cm³/mol. The molecule has 2 aromatic rings. The second-order valence-electron chi connectivity index (χ2n) is 9.04. The van der Waals surface area contributed by atoms with Gasteiger partial charge in [0.15, 0.2) is 0 Å². The number of tetrazole rings is 1. The van der Waals surface area contributed by atoms with Crippen LogP contribution in [0.1, 0.15) is 44.7 Å². The van der Waals surface area contributed by atoms with Crippen molar-refractivity contribution in [3.63, 3.8) is 0 Å². The van der Waals surface area contributed by atoms with E-state index in [1.54, 1.807) is 29.0 Å². The van der Waals surface area contributed by atoms with Crippen molar-refractivity contribution in [3.05, 3.63) is 41.6 Å². The van der Waals surface area contributed by atoms with Gasteiger partial charge < -0.3 is 9.64 Å². The van der Waals surface area contributed by atoms with Crippen LogP contribution >= 0.6 is 0 Å². The molecule has 0 bridgehead atoms. The Labute approximate surface area is 186 Å². The molecule has 2 aromatic heterocycles. The Morgan fingerprint density at radius 1 is 1.22 bits per heavy atom. The largest absolute Gasteiger partial charge is 0.456 e. The standard InChI is InChI=1S/C22H27N7O3/c1-15-19(13-32-20(15)30)28-10-9-22(21(28)31)7-5-17(6-8-22)27(2)12-16-3-4-18(11-23-16)29-14-24-25-26-29/h3-4,11,14,17H,5-10,12-13H2,1-2H3. The van der Waals surface area contributed by atoms with Crippen LogP contribution in [-0.2, 0) is 20.9 Å². The predicted octanol–water partition coefficient (Wildman–Crippen LogP) is 1.48. The highest BCUT2D eigenvalue weighted by molar-refractivity contribution is 5.94. The fraction of sp³-hybridized carbons (Fsp3) is 0.545. The SMILES string of the molecule is CC1=C(N2CCC3(CCC(N(C)Cc4ccc(-n5cnnn5)cn4)CC3)C2=O)COC1=O. The van der Waals surface area contributed by atoms with Crippen molar-refractivity contribution < 1.29 is 14.3 Å². The van der Waals surface area contributed by atoms with E-state index in [-0.39, 0.29) is 23.9 Å². The Morgan fingerprint density at radius 2 is 2.03 bits per heavy atom. The summed E-state index contributed by atoms with van der Waals surface area (Å²) in [5, 5.41) is 11.2. The molecule has 1 saturated carbocycles. The summed E-state index contributed by atoms with van der Waals surface area (Å²) in [7, 11) is 2.12. The molecule has 10 nitrogen and oxygen atoms in total. The summed E-state index contributed by atoms with van der Waals surface area (Å²) in [6, 6.07) is 4.38. The van der Waals surface area contributed by atoms with Gasteiger partial charge in [-0.05, 0) is 68.6 Å². The molecule has 1 spiro atoms. The van der Waals surface area contributed by atoms with Gasteiger partial charge in [-0.15, -0.1) is 5.10 Å². The third-order valence-corrected chi connectivity index (χ3v) is 7.29. The van der Waals surface area contributed by atoms with Crippen molar-refractivity contribution in [2.75, 3.05) is 20.2 Å². The number of nitrogens with zero attached hydrogens (tertiary/aromatic N) is 7. The molecule has 0 atom stereocenters. The topological polar surface area (TPSA) is 106 Å². The number of carbonyl (C=O) groups is 2. The number of likely N-dealkylation sites (tertiary alicyclic amines) is 1. The summed E-state index contributed by atoms with van der Waals surface area (Å²) in [5.41, 5.74) is 2.85. The minimum atomic E-state index is -0.307. The zero-order chi connectivity index (χ0) is 22.3. The summed E-state index contributed by atoms with van der Waals surface area (Å²) >= 11 is 0. The first-order valence-corrected chi connectivity index (χ1v) is 11.0. The third kappa shape index (κ3) is 3.58. The Kier molecular flexibility index (Phi) is 5.24. The van der Waals surface area contributed by atoms with Crippen molar-refractivity contribution in [1.29, 1.82) is 0 Å². The molecule has 0 aromatic carbocycles. The third-order valence-electron chi connectivity index (χ3n) is 7.29. The zero-order valence-corrected chi connectivity index (χ0v) is 18.4. The molecule has 1 saturated heterocycles. The van der Waals surface area contributed by atoms with Crippen LogP contribution in [0.5, 0.6) is 0 Å². The molecule has 2 fully saturated rings. The van der Waals surface area contributed by atoms with E-state index in [1.807, 2.05) is 12.1 Å². The highest BCUT2D eigenvalue weighted by atomic mass is 16.5. The van der Waals surface area contributed by atoms with Crippen molar-refractivity contribution >= 4 is 11.9 Å². The smallest absolute Gasteiger partial charge is 0.336 e. The van der Waals surface area contributed by atoms with Gasteiger partial charge in [0.25, 0.3) is 0 Å². The van der Waals surface area contributed by atoms with Gasteiger partial charge in [0.05, 0.1) is 34.3 Å². The average Bonchev–Trinajstić information content (AvgIpc) is 3.52. The molecule has 0 radical (unpaired) electrons. The van der Waals surface area contributed by atoms with E-state index in [0.717, 1.165) is 55.7 Å². The molecule has 3 aliphatic rings. The number of ether oxygens (including phenoxy) is 1. The van der Waals surface area contributed by atoms with E-state index >= 15 is 0 Å². The molecule has 5 rings (SSSR count). The van der Waals surface area contributed by atoms with Crippen LogP contribution in [0.25, 0.3) is 5.69 Å². The highest BCUT2D eigenvalue weighted by Gasteiger charge is 2.50. The maximum absolute atomic E-state index is 13.3. The van der Waals surface area contributed by atoms with Crippen molar-refractivity contribution in [2.24, 2.45) is 5.41 Å². The number of rotatable bonds is 5. The molecule has 10 heteroatoms. The fourth-order valence-corrected chi connectivity index (χ4v) is 5.20. The van der Waals surface area contributed by atoms with Gasteiger partial charge in [-0.1, -0.05) is 0 Å². The van der Waals surface area contributed by atoms with Crippen LogP contribution in [0.3, 0.4) is 0 Å². The molecule has 2 aliphatic heterocycles. The second-order valence-corrected chi connectivity index (χ2v) is 9.04. The second kappa shape index (κ2) is 8.09. The number of aromatic nitrogens is 5. The number of cyclic esters (lactones) is 1. The summed E-state index contributed by atoms with van der Waals surface area (Å²) in [6.07, 6.45) is 7.89. The van der Waals surface area contributed by atoms with E-state index in [9.17, 15) is 9.59 Å². The summed E-state index contributed by atoms with van der Waals surface area (Å²) in [4.78, 5) is 33.7. The summed E-state index contributed by atoms with van der Waals surface area (Å²) in [5.74, 6) is -0.134. The normalized spacial score (nSPS) is 26.0. The van der Waals surface area contributed by atoms with Gasteiger partial charge in [-0.25, -0.2) is 4.79 Å². The van der Waals surface area contributed by atoms with Crippen LogP contribution in [-0.4, -0.2) is 73.1 Å². The van der Waals surface area contributed by atoms with Gasteiger partial charge in [0.2, 0.25) is 5.91 Å². The van der Waals surface area contributed by atoms with Crippen molar-refractivity contribution in [1.82, 2.24) is 35.0 Å². The molecule has 0 N–H and O–H groups in total. The maximum atomic E-state index is 13.3. The number of hydrogen-bond acceptors (Lipinski definition) is 8. The van der Waals surface area contributed by atoms with Crippen LogP contribution in [0, 0.1) is 5.41 Å². The minimum Gasteiger partial charge on any atom is -0.456 e. The Bertz CT molecular complexity index is 1040. The fourth-order valence-electron chi connectivity index (χ4n) is 5.20. The number of hydrogen-bond donors (Lipinski definition) is 0. The molecule has 1 aliphatic carbocycles. The van der Waals surface area contributed by atoms with Crippen LogP contribution in [0.2, 0.25) is 0 Å². The number of amides is 1. The molecule has 4 heterocycles. The van der Waals surface area contributed by atoms with Gasteiger partial charge >= 0.3 is 5.97 Å². The van der Waals surface area contributed by atoms with Crippen LogP contribution < -0.4 is 0 Å². The molecular formula is C22H27N7O3. The van der Waals surface area contributed by atoms with Gasteiger partial charge in [0.1, 0.15) is 12.9 Å². The number of pyridine rings is 1. The van der Waals surface area contributed by atoms with E-state index in [0.29, 0.717) is 18.2 Å². The number of carbonyl (C=O) groups excluding carboxylic acids is 2. The molecule has 0 unspecified atom stereocenters. The van der Waals surface area contributed by atoms with Crippen LogP contribution in [0.15, 0.2) is 35.9 Å². The summed E-state index contributed by atoms with van der Waals surface area (Å²) < 4.78 is 6.69. The van der Waals surface area contributed by atoms with Gasteiger partial charge in [0, 0.05) is 19.1 Å². The van der Waals surface area contributed by atoms with Crippen molar-refractivity contribution in [2.45, 2.75) is 51.6 Å². The molecule has 1 amide bonds. The lowest BCUT2D eigenvalue weighted by Crippen LogP contribution is -2.42. The van der Waals surface area contributed by atoms with Crippen molar-refractivity contribution in [3.8, 4) is 5.69 Å². The number of esters is 1. The quantitative estimate of drug-likeness (QED) is 0.648. The lowest BCUT2D eigenvalue weighted by molar-refractivity contribution is -0.138.